The van der Waals surface area contributed by atoms with Gasteiger partial charge < -0.3 is 11.1 Å². The SMILES string of the molecule is CC1CC(=O)N(CCC(=O)Nc2cc(N)ccc2F)C1=O. The molecule has 21 heavy (non-hydrogen) atoms. The number of benzene rings is 1. The molecule has 2 rings (SSSR count). The summed E-state index contributed by atoms with van der Waals surface area (Å²) < 4.78 is 13.5. The molecule has 1 aromatic carbocycles. The summed E-state index contributed by atoms with van der Waals surface area (Å²) in [6.45, 7) is 1.67. The maximum Gasteiger partial charge on any atom is 0.232 e. The van der Waals surface area contributed by atoms with E-state index in [-0.39, 0.29) is 42.8 Å². The van der Waals surface area contributed by atoms with Gasteiger partial charge in [-0.15, -0.1) is 0 Å². The fourth-order valence-electron chi connectivity index (χ4n) is 2.15. The number of imide groups is 1. The van der Waals surface area contributed by atoms with Gasteiger partial charge in [-0.1, -0.05) is 6.92 Å². The maximum atomic E-state index is 13.5. The van der Waals surface area contributed by atoms with Crippen LogP contribution in [0.25, 0.3) is 0 Å². The number of carbonyl (C=O) groups is 3. The van der Waals surface area contributed by atoms with Crippen LogP contribution in [0.5, 0.6) is 0 Å². The molecule has 112 valence electrons. The van der Waals surface area contributed by atoms with Crippen molar-refractivity contribution in [2.75, 3.05) is 17.6 Å². The standard InChI is InChI=1S/C14H16FN3O3/c1-8-6-13(20)18(14(8)21)5-4-12(19)17-11-7-9(16)2-3-10(11)15/h2-3,7-8H,4-6,16H2,1H3,(H,17,19). The van der Waals surface area contributed by atoms with Gasteiger partial charge in [-0.2, -0.15) is 0 Å². The molecule has 1 aromatic rings. The third-order valence-corrected chi connectivity index (χ3v) is 3.30. The highest BCUT2D eigenvalue weighted by Gasteiger charge is 2.35. The molecular weight excluding hydrogens is 277 g/mol. The predicted octanol–water partition coefficient (Wildman–Crippen LogP) is 1.13. The monoisotopic (exact) mass is 293 g/mol. The lowest BCUT2D eigenvalue weighted by molar-refractivity contribution is -0.139. The van der Waals surface area contributed by atoms with Crippen molar-refractivity contribution in [1.82, 2.24) is 4.90 Å². The lowest BCUT2D eigenvalue weighted by Gasteiger charge is -2.14. The number of carbonyl (C=O) groups excluding carboxylic acids is 3. The van der Waals surface area contributed by atoms with Gasteiger partial charge >= 0.3 is 0 Å². The molecule has 0 aromatic heterocycles. The van der Waals surface area contributed by atoms with Gasteiger partial charge in [0.25, 0.3) is 0 Å². The number of hydrogen-bond donors (Lipinski definition) is 2. The second kappa shape index (κ2) is 5.90. The first-order valence-corrected chi connectivity index (χ1v) is 6.57. The highest BCUT2D eigenvalue weighted by atomic mass is 19.1. The molecule has 3 N–H and O–H groups in total. The zero-order chi connectivity index (χ0) is 15.6. The summed E-state index contributed by atoms with van der Waals surface area (Å²) in [5.74, 6) is -1.98. The van der Waals surface area contributed by atoms with E-state index in [0.29, 0.717) is 5.69 Å². The topological polar surface area (TPSA) is 92.5 Å². The summed E-state index contributed by atoms with van der Waals surface area (Å²) in [6.07, 6.45) is 0.0860. The zero-order valence-corrected chi connectivity index (χ0v) is 11.6. The predicted molar refractivity (Wildman–Crippen MR) is 74.6 cm³/mol. The first-order valence-electron chi connectivity index (χ1n) is 6.57. The van der Waals surface area contributed by atoms with E-state index in [9.17, 15) is 18.8 Å². The van der Waals surface area contributed by atoms with Crippen molar-refractivity contribution < 1.29 is 18.8 Å². The van der Waals surface area contributed by atoms with Crippen LogP contribution in [-0.2, 0) is 14.4 Å². The van der Waals surface area contributed by atoms with Crippen molar-refractivity contribution in [1.29, 1.82) is 0 Å². The Morgan fingerprint density at radius 1 is 1.48 bits per heavy atom. The first kappa shape index (κ1) is 15.0. The molecule has 0 spiro atoms. The van der Waals surface area contributed by atoms with Gasteiger partial charge in [0, 0.05) is 31.0 Å². The number of nitrogens with two attached hydrogens (primary N) is 1. The molecule has 0 bridgehead atoms. The van der Waals surface area contributed by atoms with Crippen molar-refractivity contribution in [3.05, 3.63) is 24.0 Å². The Bertz CT molecular complexity index is 603. The smallest absolute Gasteiger partial charge is 0.232 e. The summed E-state index contributed by atoms with van der Waals surface area (Å²) >= 11 is 0. The molecular formula is C14H16FN3O3. The third-order valence-electron chi connectivity index (χ3n) is 3.30. The number of halogens is 1. The Morgan fingerprint density at radius 3 is 2.81 bits per heavy atom. The van der Waals surface area contributed by atoms with Gasteiger partial charge in [0.2, 0.25) is 17.7 Å². The third kappa shape index (κ3) is 3.36. The van der Waals surface area contributed by atoms with E-state index in [1.165, 1.54) is 12.1 Å². The van der Waals surface area contributed by atoms with Crippen LogP contribution in [0.4, 0.5) is 15.8 Å². The Hall–Kier alpha value is -2.44. The van der Waals surface area contributed by atoms with Crippen molar-refractivity contribution in [3.8, 4) is 0 Å². The Labute approximate surface area is 121 Å². The molecule has 1 unspecified atom stereocenters. The maximum absolute atomic E-state index is 13.5. The summed E-state index contributed by atoms with van der Waals surface area (Å²) in [4.78, 5) is 36.1. The van der Waals surface area contributed by atoms with Crippen molar-refractivity contribution in [2.24, 2.45) is 5.92 Å². The van der Waals surface area contributed by atoms with Crippen LogP contribution in [0, 0.1) is 11.7 Å². The summed E-state index contributed by atoms with van der Waals surface area (Å²) in [5, 5.41) is 2.37. The van der Waals surface area contributed by atoms with Crippen molar-refractivity contribution >= 4 is 29.1 Å². The molecule has 1 fully saturated rings. The van der Waals surface area contributed by atoms with Gasteiger partial charge in [0.05, 0.1) is 5.69 Å². The molecule has 0 aliphatic carbocycles. The Balaban J connectivity index is 1.92. The fraction of sp³-hybridized carbons (Fsp3) is 0.357. The van der Waals surface area contributed by atoms with Gasteiger partial charge in [-0.25, -0.2) is 4.39 Å². The highest BCUT2D eigenvalue weighted by Crippen LogP contribution is 2.20. The van der Waals surface area contributed by atoms with E-state index in [1.807, 2.05) is 0 Å². The van der Waals surface area contributed by atoms with Crippen molar-refractivity contribution in [2.45, 2.75) is 19.8 Å². The average molecular weight is 293 g/mol. The van der Waals surface area contributed by atoms with Gasteiger partial charge in [0.15, 0.2) is 0 Å². The minimum Gasteiger partial charge on any atom is -0.399 e. The second-order valence-electron chi connectivity index (χ2n) is 5.03. The molecule has 6 nitrogen and oxygen atoms in total. The van der Waals surface area contributed by atoms with Crippen molar-refractivity contribution in [3.63, 3.8) is 0 Å². The van der Waals surface area contributed by atoms with E-state index in [0.717, 1.165) is 11.0 Å². The highest BCUT2D eigenvalue weighted by molar-refractivity contribution is 6.03. The van der Waals surface area contributed by atoms with E-state index >= 15 is 0 Å². The van der Waals surface area contributed by atoms with Crippen LogP contribution in [0.2, 0.25) is 0 Å². The largest absolute Gasteiger partial charge is 0.399 e. The quantitative estimate of drug-likeness (QED) is 0.643. The van der Waals surface area contributed by atoms with Gasteiger partial charge in [-0.05, 0) is 18.2 Å². The number of hydrogen-bond acceptors (Lipinski definition) is 4. The van der Waals surface area contributed by atoms with Crippen LogP contribution in [0.3, 0.4) is 0 Å². The Kier molecular flexibility index (Phi) is 4.21. The van der Waals surface area contributed by atoms with Crippen LogP contribution >= 0.6 is 0 Å². The van der Waals surface area contributed by atoms with E-state index < -0.39 is 11.7 Å². The van der Waals surface area contributed by atoms with E-state index in [2.05, 4.69) is 5.32 Å². The molecule has 0 radical (unpaired) electrons. The first-order chi connectivity index (χ1) is 9.88. The molecule has 1 atom stereocenters. The molecule has 1 heterocycles. The summed E-state index contributed by atoms with van der Waals surface area (Å²) in [6, 6.07) is 3.84. The number of anilines is 2. The second-order valence-corrected chi connectivity index (χ2v) is 5.03. The number of amides is 3. The average Bonchev–Trinajstić information content (AvgIpc) is 2.66. The minimum absolute atomic E-state index is 0.00221. The van der Waals surface area contributed by atoms with Crippen LogP contribution in [-0.4, -0.2) is 29.2 Å². The molecule has 3 amide bonds. The number of nitrogens with one attached hydrogen (secondary N) is 1. The molecule has 1 aliphatic rings. The van der Waals surface area contributed by atoms with Crippen LogP contribution in [0.1, 0.15) is 19.8 Å². The lowest BCUT2D eigenvalue weighted by atomic mass is 10.1. The molecule has 0 saturated carbocycles. The fourth-order valence-corrected chi connectivity index (χ4v) is 2.15. The number of nitrogen functional groups attached to an aromatic ring is 1. The lowest BCUT2D eigenvalue weighted by Crippen LogP contribution is -2.33. The Morgan fingerprint density at radius 2 is 2.19 bits per heavy atom. The summed E-state index contributed by atoms with van der Waals surface area (Å²) in [5.41, 5.74) is 5.82. The molecule has 1 saturated heterocycles. The summed E-state index contributed by atoms with van der Waals surface area (Å²) in [7, 11) is 0. The molecule has 1 aliphatic heterocycles. The van der Waals surface area contributed by atoms with Crippen LogP contribution < -0.4 is 11.1 Å². The number of rotatable bonds is 4. The van der Waals surface area contributed by atoms with E-state index in [1.54, 1.807) is 6.92 Å². The normalized spacial score (nSPS) is 18.2. The van der Waals surface area contributed by atoms with Crippen LogP contribution in [0.15, 0.2) is 18.2 Å². The van der Waals surface area contributed by atoms with E-state index in [4.69, 9.17) is 5.73 Å². The molecule has 7 heteroatoms. The van der Waals surface area contributed by atoms with Gasteiger partial charge in [0.1, 0.15) is 5.82 Å². The minimum atomic E-state index is -0.598. The number of likely N-dealkylation sites (tertiary alicyclic amines) is 1. The number of nitrogens with zero attached hydrogens (tertiary/aromatic N) is 1. The van der Waals surface area contributed by atoms with Gasteiger partial charge in [-0.3, -0.25) is 19.3 Å². The zero-order valence-electron chi connectivity index (χ0n) is 11.6.